The van der Waals surface area contributed by atoms with Crippen LogP contribution in [0.15, 0.2) is 0 Å². The van der Waals surface area contributed by atoms with E-state index in [-0.39, 0.29) is 20.2 Å². The SMILES string of the molecule is CC(C)(C)[Si]1(C)O[Si](C)(C(C)(C)C)O[Si](C)(C(C)(C)C)O[Si](C)(C(C)(C)C)O1. The zero-order valence-electron chi connectivity index (χ0n) is 21.6. The largest absolute Gasteiger partial charge is 0.415 e. The van der Waals surface area contributed by atoms with Crippen molar-refractivity contribution in [2.24, 2.45) is 0 Å². The third-order valence-electron chi connectivity index (χ3n) is 7.01. The minimum atomic E-state index is -2.64. The highest BCUT2D eigenvalue weighted by atomic mass is 28.5. The van der Waals surface area contributed by atoms with Gasteiger partial charge in [-0.15, -0.1) is 0 Å². The maximum absolute atomic E-state index is 7.20. The first-order chi connectivity index (χ1) is 11.8. The predicted octanol–water partition coefficient (Wildman–Crippen LogP) is 7.55. The van der Waals surface area contributed by atoms with Crippen LogP contribution < -0.4 is 0 Å². The van der Waals surface area contributed by atoms with Crippen molar-refractivity contribution in [2.45, 2.75) is 129 Å². The summed E-state index contributed by atoms with van der Waals surface area (Å²) in [4.78, 5) is 0. The summed E-state index contributed by atoms with van der Waals surface area (Å²) < 4.78 is 28.8. The average molecular weight is 465 g/mol. The van der Waals surface area contributed by atoms with E-state index >= 15 is 0 Å². The minimum Gasteiger partial charge on any atom is -0.415 e. The van der Waals surface area contributed by atoms with Gasteiger partial charge in [0, 0.05) is 20.2 Å². The van der Waals surface area contributed by atoms with Crippen molar-refractivity contribution in [1.82, 2.24) is 0 Å². The van der Waals surface area contributed by atoms with Gasteiger partial charge in [0.2, 0.25) is 0 Å². The van der Waals surface area contributed by atoms with Crippen molar-refractivity contribution in [1.29, 1.82) is 0 Å². The molecule has 28 heavy (non-hydrogen) atoms. The lowest BCUT2D eigenvalue weighted by Crippen LogP contribution is -2.74. The summed E-state index contributed by atoms with van der Waals surface area (Å²) in [5.41, 5.74) is 0. The van der Waals surface area contributed by atoms with Crippen molar-refractivity contribution in [3.8, 4) is 0 Å². The first-order valence-electron chi connectivity index (χ1n) is 10.6. The third-order valence-corrected chi connectivity index (χ3v) is 30.4. The summed E-state index contributed by atoms with van der Waals surface area (Å²) in [6.45, 7) is 35.9. The fraction of sp³-hybridized carbons (Fsp3) is 1.00. The molecule has 8 heteroatoms. The zero-order valence-corrected chi connectivity index (χ0v) is 25.6. The number of hydrogen-bond acceptors (Lipinski definition) is 4. The highest BCUT2D eigenvalue weighted by Gasteiger charge is 2.67. The molecular formula is C20H48O4Si4. The van der Waals surface area contributed by atoms with Crippen LogP contribution in [-0.4, -0.2) is 34.2 Å². The highest BCUT2D eigenvalue weighted by Crippen LogP contribution is 2.55. The molecule has 0 atom stereocenters. The second kappa shape index (κ2) is 7.11. The molecule has 1 aliphatic rings. The Morgan fingerprint density at radius 2 is 0.429 bits per heavy atom. The molecule has 0 aromatic rings. The lowest BCUT2D eigenvalue weighted by Gasteiger charge is -2.60. The monoisotopic (exact) mass is 464 g/mol. The maximum Gasteiger partial charge on any atom is 0.322 e. The van der Waals surface area contributed by atoms with Gasteiger partial charge >= 0.3 is 34.2 Å². The summed E-state index contributed by atoms with van der Waals surface area (Å²) in [6, 6.07) is 0. The van der Waals surface area contributed by atoms with Crippen LogP contribution in [0.2, 0.25) is 46.3 Å². The van der Waals surface area contributed by atoms with Crippen LogP contribution in [-0.2, 0) is 16.5 Å². The van der Waals surface area contributed by atoms with E-state index in [1.807, 2.05) is 0 Å². The molecule has 0 saturated carbocycles. The minimum absolute atomic E-state index is 0.0875. The fourth-order valence-corrected chi connectivity index (χ4v) is 26.7. The molecule has 0 N–H and O–H groups in total. The summed E-state index contributed by atoms with van der Waals surface area (Å²) in [6.07, 6.45) is 0. The fourth-order valence-electron chi connectivity index (χ4n) is 2.79. The standard InChI is InChI=1S/C20H48O4Si4/c1-17(2,3)25(13)21-26(14,18(4,5)6)23-28(16,20(10,11)12)24-27(15,22-25)19(7,8)9/h1-16H3. The van der Waals surface area contributed by atoms with Crippen LogP contribution in [0.3, 0.4) is 0 Å². The van der Waals surface area contributed by atoms with Gasteiger partial charge in [-0.2, -0.15) is 0 Å². The van der Waals surface area contributed by atoms with Crippen LogP contribution in [0.5, 0.6) is 0 Å². The Balaban J connectivity index is 3.80. The van der Waals surface area contributed by atoms with Crippen LogP contribution in [0.4, 0.5) is 0 Å². The lowest BCUT2D eigenvalue weighted by atomic mass is 10.2. The van der Waals surface area contributed by atoms with Crippen molar-refractivity contribution in [2.75, 3.05) is 0 Å². The topological polar surface area (TPSA) is 36.9 Å². The van der Waals surface area contributed by atoms with Crippen molar-refractivity contribution >= 4 is 34.2 Å². The molecule has 1 saturated heterocycles. The Bertz CT molecular complexity index is 467. The summed E-state index contributed by atoms with van der Waals surface area (Å²) in [7, 11) is -10.5. The average Bonchev–Trinajstić information content (AvgIpc) is 2.30. The van der Waals surface area contributed by atoms with Gasteiger partial charge in [0.05, 0.1) is 0 Å². The summed E-state index contributed by atoms with van der Waals surface area (Å²) in [5.74, 6) is 0. The lowest BCUT2D eigenvalue weighted by molar-refractivity contribution is 0.173. The molecule has 0 radical (unpaired) electrons. The van der Waals surface area contributed by atoms with Gasteiger partial charge in [-0.3, -0.25) is 0 Å². The zero-order chi connectivity index (χ0) is 22.8. The van der Waals surface area contributed by atoms with Gasteiger partial charge in [-0.05, 0) is 26.2 Å². The first-order valence-corrected chi connectivity index (χ1v) is 19.9. The van der Waals surface area contributed by atoms with Gasteiger partial charge in [-0.25, -0.2) is 0 Å². The van der Waals surface area contributed by atoms with Crippen molar-refractivity contribution in [3.63, 3.8) is 0 Å². The van der Waals surface area contributed by atoms with E-state index in [0.717, 1.165) is 0 Å². The molecule has 1 aliphatic heterocycles. The number of rotatable bonds is 0. The van der Waals surface area contributed by atoms with Gasteiger partial charge in [0.15, 0.2) is 0 Å². The smallest absolute Gasteiger partial charge is 0.322 e. The van der Waals surface area contributed by atoms with Gasteiger partial charge < -0.3 is 16.5 Å². The molecule has 0 aromatic heterocycles. The second-order valence-corrected chi connectivity index (χ2v) is 30.0. The quantitative estimate of drug-likeness (QED) is 0.347. The van der Waals surface area contributed by atoms with Crippen molar-refractivity contribution < 1.29 is 16.5 Å². The van der Waals surface area contributed by atoms with Gasteiger partial charge in [0.25, 0.3) is 0 Å². The Labute approximate surface area is 180 Å². The highest BCUT2D eigenvalue weighted by molar-refractivity contribution is 6.96. The summed E-state index contributed by atoms with van der Waals surface area (Å²) in [5, 5.41) is -0.350. The van der Waals surface area contributed by atoms with E-state index in [4.69, 9.17) is 16.5 Å². The van der Waals surface area contributed by atoms with E-state index in [1.165, 1.54) is 0 Å². The van der Waals surface area contributed by atoms with E-state index in [2.05, 4.69) is 109 Å². The van der Waals surface area contributed by atoms with Gasteiger partial charge in [0.1, 0.15) is 0 Å². The van der Waals surface area contributed by atoms with Crippen LogP contribution in [0.1, 0.15) is 83.1 Å². The Morgan fingerprint density at radius 1 is 0.321 bits per heavy atom. The van der Waals surface area contributed by atoms with Crippen molar-refractivity contribution in [3.05, 3.63) is 0 Å². The van der Waals surface area contributed by atoms with E-state index in [0.29, 0.717) is 0 Å². The molecular weight excluding hydrogens is 417 g/mol. The third kappa shape index (κ3) is 4.79. The molecule has 168 valence electrons. The molecule has 0 aliphatic carbocycles. The molecule has 4 nitrogen and oxygen atoms in total. The first kappa shape index (κ1) is 26.7. The Hall–Kier alpha value is 0.708. The molecule has 0 bridgehead atoms. The second-order valence-electron chi connectivity index (χ2n) is 13.2. The normalized spacial score (nSPS) is 39.4. The van der Waals surface area contributed by atoms with Crippen LogP contribution in [0, 0.1) is 0 Å². The number of hydrogen-bond donors (Lipinski definition) is 0. The van der Waals surface area contributed by atoms with Gasteiger partial charge in [-0.1, -0.05) is 83.1 Å². The molecule has 0 aromatic carbocycles. The molecule has 1 heterocycles. The van der Waals surface area contributed by atoms with Crippen LogP contribution in [0.25, 0.3) is 0 Å². The molecule has 1 rings (SSSR count). The Kier molecular flexibility index (Phi) is 6.79. The van der Waals surface area contributed by atoms with E-state index in [9.17, 15) is 0 Å². The van der Waals surface area contributed by atoms with E-state index in [1.54, 1.807) is 0 Å². The van der Waals surface area contributed by atoms with Crippen LogP contribution >= 0.6 is 0 Å². The maximum atomic E-state index is 7.20. The Morgan fingerprint density at radius 3 is 0.500 bits per heavy atom. The van der Waals surface area contributed by atoms with E-state index < -0.39 is 34.2 Å². The summed E-state index contributed by atoms with van der Waals surface area (Å²) >= 11 is 0. The predicted molar refractivity (Wildman–Crippen MR) is 130 cm³/mol. The molecule has 0 amide bonds. The molecule has 0 spiro atoms. The molecule has 0 unspecified atom stereocenters. The molecule has 1 fully saturated rings.